The van der Waals surface area contributed by atoms with Gasteiger partial charge in [0.15, 0.2) is 5.96 Å². The summed E-state index contributed by atoms with van der Waals surface area (Å²) in [5.41, 5.74) is 9.60. The zero-order chi connectivity index (χ0) is 19.1. The Kier molecular flexibility index (Phi) is 6.26. The van der Waals surface area contributed by atoms with Gasteiger partial charge in [-0.2, -0.15) is 0 Å². The van der Waals surface area contributed by atoms with Gasteiger partial charge < -0.3 is 15.6 Å². The maximum Gasteiger partial charge on any atom is 0.193 e. The van der Waals surface area contributed by atoms with Crippen LogP contribution in [0.2, 0.25) is 0 Å². The van der Waals surface area contributed by atoms with E-state index in [4.69, 9.17) is 5.73 Å². The van der Waals surface area contributed by atoms with Crippen molar-refractivity contribution < 1.29 is 0 Å². The number of anilines is 1. The maximum atomic E-state index is 6.07. The highest BCUT2D eigenvalue weighted by atomic mass is 15.1. The van der Waals surface area contributed by atoms with Crippen LogP contribution in [0, 0.1) is 0 Å². The molecule has 0 aliphatic rings. The van der Waals surface area contributed by atoms with Crippen molar-refractivity contribution in [3.63, 3.8) is 0 Å². The van der Waals surface area contributed by atoms with Gasteiger partial charge in [0, 0.05) is 24.6 Å². The van der Waals surface area contributed by atoms with Crippen molar-refractivity contribution in [1.29, 1.82) is 0 Å². The van der Waals surface area contributed by atoms with Gasteiger partial charge in [-0.25, -0.2) is 9.98 Å². The second-order valence-electron chi connectivity index (χ2n) is 6.88. The van der Waals surface area contributed by atoms with Crippen molar-refractivity contribution in [2.45, 2.75) is 39.3 Å². The number of guanidine groups is 1. The smallest absolute Gasteiger partial charge is 0.193 e. The first-order chi connectivity index (χ1) is 13.1. The number of hydrogen-bond acceptors (Lipinski definition) is 2. The van der Waals surface area contributed by atoms with Gasteiger partial charge in [0.2, 0.25) is 0 Å². The van der Waals surface area contributed by atoms with Crippen LogP contribution in [0.15, 0.2) is 72.0 Å². The van der Waals surface area contributed by atoms with Crippen LogP contribution >= 0.6 is 0 Å². The Hall–Kier alpha value is -3.08. The van der Waals surface area contributed by atoms with Crippen LogP contribution in [-0.2, 0) is 19.5 Å². The van der Waals surface area contributed by atoms with Crippen LogP contribution in [0.5, 0.6) is 0 Å². The Labute approximate surface area is 161 Å². The Morgan fingerprint density at radius 2 is 1.96 bits per heavy atom. The zero-order valence-electron chi connectivity index (χ0n) is 16.0. The average Bonchev–Trinajstić information content (AvgIpc) is 3.13. The fraction of sp³-hybridized carbons (Fsp3) is 0.273. The van der Waals surface area contributed by atoms with Crippen LogP contribution in [0.4, 0.5) is 5.69 Å². The molecule has 0 atom stereocenters. The first kappa shape index (κ1) is 18.7. The van der Waals surface area contributed by atoms with E-state index in [-0.39, 0.29) is 0 Å². The molecule has 0 saturated heterocycles. The summed E-state index contributed by atoms with van der Waals surface area (Å²) in [6, 6.07) is 18.7. The van der Waals surface area contributed by atoms with Crippen molar-refractivity contribution >= 4 is 11.6 Å². The summed E-state index contributed by atoms with van der Waals surface area (Å²) in [5.74, 6) is 1.78. The van der Waals surface area contributed by atoms with Gasteiger partial charge in [-0.1, -0.05) is 56.3 Å². The number of nitrogens with zero attached hydrogens (tertiary/aromatic N) is 3. The van der Waals surface area contributed by atoms with Crippen LogP contribution in [0.25, 0.3) is 0 Å². The van der Waals surface area contributed by atoms with Crippen LogP contribution in [-0.4, -0.2) is 15.5 Å². The fourth-order valence-corrected chi connectivity index (χ4v) is 2.91. The molecule has 0 aliphatic carbocycles. The minimum atomic E-state index is 0.397. The molecule has 0 bridgehead atoms. The minimum Gasteiger partial charge on any atom is -0.370 e. The van der Waals surface area contributed by atoms with E-state index < -0.39 is 0 Å². The first-order valence-electron chi connectivity index (χ1n) is 9.32. The maximum absolute atomic E-state index is 6.07. The zero-order valence-corrected chi connectivity index (χ0v) is 16.0. The summed E-state index contributed by atoms with van der Waals surface area (Å²) in [4.78, 5) is 8.87. The summed E-state index contributed by atoms with van der Waals surface area (Å²) in [6.07, 6.45) is 4.76. The molecule has 0 unspecified atom stereocenters. The Morgan fingerprint density at radius 3 is 2.74 bits per heavy atom. The van der Waals surface area contributed by atoms with Gasteiger partial charge in [0.25, 0.3) is 0 Å². The molecule has 0 fully saturated rings. The van der Waals surface area contributed by atoms with Crippen LogP contribution in [0.3, 0.4) is 0 Å². The van der Waals surface area contributed by atoms with Gasteiger partial charge in [-0.05, 0) is 35.6 Å². The minimum absolute atomic E-state index is 0.397. The lowest BCUT2D eigenvalue weighted by Gasteiger charge is -2.10. The predicted octanol–water partition coefficient (Wildman–Crippen LogP) is 4.18. The van der Waals surface area contributed by atoms with Crippen molar-refractivity contribution in [2.24, 2.45) is 10.7 Å². The molecule has 2 aromatic carbocycles. The second-order valence-corrected chi connectivity index (χ2v) is 6.88. The standard InChI is InChI=1S/C22H27N5/c1-17(2)19-9-6-10-20(15-19)26-22(23)25-16-21-24-12-14-27(21)13-11-18-7-4-3-5-8-18/h3-10,12,14-15,17H,11,13,16H2,1-2H3,(H3,23,25,26). The molecule has 0 saturated carbocycles. The molecule has 3 rings (SSSR count). The molecule has 3 N–H and O–H groups in total. The van der Waals surface area contributed by atoms with E-state index in [9.17, 15) is 0 Å². The van der Waals surface area contributed by atoms with E-state index in [1.165, 1.54) is 11.1 Å². The topological polar surface area (TPSA) is 68.2 Å². The van der Waals surface area contributed by atoms with Crippen molar-refractivity contribution in [1.82, 2.24) is 9.55 Å². The Morgan fingerprint density at radius 1 is 1.15 bits per heavy atom. The molecule has 0 aliphatic heterocycles. The quantitative estimate of drug-likeness (QED) is 0.490. The van der Waals surface area contributed by atoms with Gasteiger partial charge in [-0.15, -0.1) is 0 Å². The van der Waals surface area contributed by atoms with E-state index in [0.717, 1.165) is 24.5 Å². The summed E-state index contributed by atoms with van der Waals surface area (Å²) >= 11 is 0. The number of nitrogens with two attached hydrogens (primary N) is 1. The highest BCUT2D eigenvalue weighted by molar-refractivity contribution is 5.92. The average molecular weight is 361 g/mol. The SMILES string of the molecule is CC(C)c1cccc(NC(N)=NCc2nccn2CCc2ccccc2)c1. The first-order valence-corrected chi connectivity index (χ1v) is 9.32. The third kappa shape index (κ3) is 5.45. The van der Waals surface area contributed by atoms with Crippen molar-refractivity contribution in [2.75, 3.05) is 5.32 Å². The molecule has 1 aromatic heterocycles. The van der Waals surface area contributed by atoms with E-state index in [0.29, 0.717) is 18.4 Å². The van der Waals surface area contributed by atoms with Gasteiger partial charge in [0.05, 0.1) is 0 Å². The molecule has 0 amide bonds. The number of imidazole rings is 1. The molecule has 1 heterocycles. The summed E-state index contributed by atoms with van der Waals surface area (Å²) in [7, 11) is 0. The number of nitrogens with one attached hydrogen (secondary N) is 1. The molecule has 0 radical (unpaired) electrons. The molecule has 0 spiro atoms. The number of benzene rings is 2. The molecular weight excluding hydrogens is 334 g/mol. The Bertz CT molecular complexity index is 880. The lowest BCUT2D eigenvalue weighted by molar-refractivity contribution is 0.652. The van der Waals surface area contributed by atoms with Crippen LogP contribution in [0.1, 0.15) is 36.7 Å². The summed E-state index contributed by atoms with van der Waals surface area (Å²) in [5, 5.41) is 3.17. The molecule has 5 nitrogen and oxygen atoms in total. The third-order valence-corrected chi connectivity index (χ3v) is 4.50. The molecule has 5 heteroatoms. The summed E-state index contributed by atoms with van der Waals surface area (Å²) < 4.78 is 2.13. The fourth-order valence-electron chi connectivity index (χ4n) is 2.91. The van der Waals surface area contributed by atoms with E-state index in [1.807, 2.05) is 30.6 Å². The van der Waals surface area contributed by atoms with Crippen LogP contribution < -0.4 is 11.1 Å². The van der Waals surface area contributed by atoms with E-state index >= 15 is 0 Å². The van der Waals surface area contributed by atoms with Crippen molar-refractivity contribution in [3.8, 4) is 0 Å². The lowest BCUT2D eigenvalue weighted by atomic mass is 10.0. The number of aliphatic imine (C=N–C) groups is 1. The number of hydrogen-bond donors (Lipinski definition) is 2. The normalized spacial score (nSPS) is 11.7. The Balaban J connectivity index is 1.59. The van der Waals surface area contributed by atoms with E-state index in [1.54, 1.807) is 0 Å². The predicted molar refractivity (Wildman–Crippen MR) is 112 cm³/mol. The van der Waals surface area contributed by atoms with Gasteiger partial charge in [-0.3, -0.25) is 0 Å². The second kappa shape index (κ2) is 9.03. The number of rotatable bonds is 7. The third-order valence-electron chi connectivity index (χ3n) is 4.50. The number of aryl methyl sites for hydroxylation is 2. The summed E-state index contributed by atoms with van der Waals surface area (Å²) in [6.45, 7) is 5.67. The largest absolute Gasteiger partial charge is 0.370 e. The lowest BCUT2D eigenvalue weighted by Crippen LogP contribution is -2.23. The van der Waals surface area contributed by atoms with Crippen molar-refractivity contribution in [3.05, 3.63) is 83.9 Å². The number of aromatic nitrogens is 2. The monoisotopic (exact) mass is 361 g/mol. The molecule has 27 heavy (non-hydrogen) atoms. The molecular formula is C22H27N5. The highest BCUT2D eigenvalue weighted by Gasteiger charge is 2.04. The van der Waals surface area contributed by atoms with Gasteiger partial charge in [0.1, 0.15) is 12.4 Å². The van der Waals surface area contributed by atoms with E-state index in [2.05, 4.69) is 70.1 Å². The molecule has 3 aromatic rings. The molecule has 140 valence electrons. The van der Waals surface area contributed by atoms with Gasteiger partial charge >= 0.3 is 0 Å². The highest BCUT2D eigenvalue weighted by Crippen LogP contribution is 2.18.